The zero-order chi connectivity index (χ0) is 18.0. The van der Waals surface area contributed by atoms with E-state index in [0.717, 1.165) is 17.7 Å². The van der Waals surface area contributed by atoms with Gasteiger partial charge in [-0.05, 0) is 37.1 Å². The Morgan fingerprint density at radius 2 is 1.80 bits per heavy atom. The van der Waals surface area contributed by atoms with Crippen LogP contribution in [0.25, 0.3) is 0 Å². The first-order chi connectivity index (χ1) is 12.0. The number of carbonyl (C=O) groups is 2. The average molecular weight is 357 g/mol. The van der Waals surface area contributed by atoms with Crippen LogP contribution in [0.15, 0.2) is 48.5 Å². The van der Waals surface area contributed by atoms with Crippen LogP contribution in [0.4, 0.5) is 5.69 Å². The third kappa shape index (κ3) is 3.27. The lowest BCUT2D eigenvalue weighted by atomic mass is 10.1. The third-order valence-electron chi connectivity index (χ3n) is 4.68. The van der Waals surface area contributed by atoms with Crippen molar-refractivity contribution in [1.29, 1.82) is 0 Å². The molecule has 25 heavy (non-hydrogen) atoms. The summed E-state index contributed by atoms with van der Waals surface area (Å²) in [6.45, 7) is 4.81. The van der Waals surface area contributed by atoms with Crippen molar-refractivity contribution in [2.75, 3.05) is 18.0 Å². The summed E-state index contributed by atoms with van der Waals surface area (Å²) in [4.78, 5) is 29.1. The Balaban J connectivity index is 1.85. The number of rotatable bonds is 3. The second-order valence-corrected chi connectivity index (χ2v) is 6.53. The van der Waals surface area contributed by atoms with Crippen LogP contribution < -0.4 is 4.90 Å². The molecule has 1 saturated heterocycles. The number of hydrogen-bond acceptors (Lipinski definition) is 2. The Morgan fingerprint density at radius 3 is 2.52 bits per heavy atom. The van der Waals surface area contributed by atoms with Gasteiger partial charge >= 0.3 is 0 Å². The molecule has 0 N–H and O–H groups in total. The molecule has 0 aliphatic carbocycles. The van der Waals surface area contributed by atoms with Crippen LogP contribution in [-0.2, 0) is 11.2 Å². The maximum atomic E-state index is 12.9. The Kier molecular flexibility index (Phi) is 5.09. The van der Waals surface area contributed by atoms with E-state index in [-0.39, 0.29) is 11.8 Å². The van der Waals surface area contributed by atoms with Crippen LogP contribution in [-0.4, -0.2) is 35.8 Å². The van der Waals surface area contributed by atoms with Gasteiger partial charge in [0.1, 0.15) is 6.04 Å². The zero-order valence-electron chi connectivity index (χ0n) is 14.4. The van der Waals surface area contributed by atoms with Gasteiger partial charge in [-0.3, -0.25) is 9.59 Å². The van der Waals surface area contributed by atoms with Crippen molar-refractivity contribution in [3.8, 4) is 0 Å². The fourth-order valence-corrected chi connectivity index (χ4v) is 3.47. The van der Waals surface area contributed by atoms with E-state index >= 15 is 0 Å². The average Bonchev–Trinajstić information content (AvgIpc) is 2.64. The summed E-state index contributed by atoms with van der Waals surface area (Å²) in [6.07, 6.45) is 0.858. The molecule has 1 fully saturated rings. The van der Waals surface area contributed by atoms with Gasteiger partial charge in [0.15, 0.2) is 0 Å². The van der Waals surface area contributed by atoms with E-state index in [1.54, 1.807) is 41.0 Å². The van der Waals surface area contributed by atoms with E-state index in [1.165, 1.54) is 0 Å². The molecule has 0 spiro atoms. The van der Waals surface area contributed by atoms with Crippen molar-refractivity contribution in [2.45, 2.75) is 26.3 Å². The maximum absolute atomic E-state index is 12.9. The molecule has 0 saturated carbocycles. The lowest BCUT2D eigenvalue weighted by Crippen LogP contribution is -2.58. The van der Waals surface area contributed by atoms with Crippen molar-refractivity contribution in [3.63, 3.8) is 0 Å². The fraction of sp³-hybridized carbons (Fsp3) is 0.300. The van der Waals surface area contributed by atoms with Crippen molar-refractivity contribution >= 4 is 29.1 Å². The maximum Gasteiger partial charge on any atom is 0.256 e. The summed E-state index contributed by atoms with van der Waals surface area (Å²) in [7, 11) is 0. The van der Waals surface area contributed by atoms with Gasteiger partial charge in [0.25, 0.3) is 5.91 Å². The van der Waals surface area contributed by atoms with Gasteiger partial charge in [-0.15, -0.1) is 0 Å². The molecule has 0 unspecified atom stereocenters. The Hall–Kier alpha value is -2.33. The van der Waals surface area contributed by atoms with Crippen LogP contribution in [0.5, 0.6) is 0 Å². The van der Waals surface area contributed by atoms with Gasteiger partial charge in [-0.2, -0.15) is 0 Å². The topological polar surface area (TPSA) is 40.6 Å². The summed E-state index contributed by atoms with van der Waals surface area (Å²) in [5.74, 6) is -0.262. The summed E-state index contributed by atoms with van der Waals surface area (Å²) >= 11 is 6.14. The molecule has 0 aromatic heterocycles. The summed E-state index contributed by atoms with van der Waals surface area (Å²) < 4.78 is 0. The Morgan fingerprint density at radius 1 is 1.12 bits per heavy atom. The Bertz CT molecular complexity index is 806. The van der Waals surface area contributed by atoms with Gasteiger partial charge < -0.3 is 9.80 Å². The SMILES string of the molecule is CCc1ccccc1N1CCN(C(=O)c2ccccc2Cl)[C@H](C)C1=O. The monoisotopic (exact) mass is 356 g/mol. The highest BCUT2D eigenvalue weighted by Crippen LogP contribution is 2.26. The number of aryl methyl sites for hydroxylation is 1. The number of piperazine rings is 1. The number of nitrogens with zero attached hydrogens (tertiary/aromatic N) is 2. The molecular weight excluding hydrogens is 336 g/mol. The summed E-state index contributed by atoms with van der Waals surface area (Å²) in [6, 6.07) is 14.3. The quantitative estimate of drug-likeness (QED) is 0.839. The molecule has 4 nitrogen and oxygen atoms in total. The van der Waals surface area contributed by atoms with Gasteiger partial charge in [0.2, 0.25) is 5.91 Å². The van der Waals surface area contributed by atoms with E-state index in [0.29, 0.717) is 23.7 Å². The minimum absolute atomic E-state index is 0.0625. The van der Waals surface area contributed by atoms with Crippen molar-refractivity contribution in [3.05, 3.63) is 64.7 Å². The Labute approximate surface area is 153 Å². The molecule has 0 radical (unpaired) electrons. The molecule has 2 aromatic carbocycles. The first-order valence-corrected chi connectivity index (χ1v) is 8.87. The third-order valence-corrected chi connectivity index (χ3v) is 5.01. The molecule has 1 atom stereocenters. The highest BCUT2D eigenvalue weighted by molar-refractivity contribution is 6.33. The summed E-state index contributed by atoms with van der Waals surface area (Å²) in [5, 5.41) is 0.408. The number of hydrogen-bond donors (Lipinski definition) is 0. The molecular formula is C20H21ClN2O2. The summed E-state index contributed by atoms with van der Waals surface area (Å²) in [5.41, 5.74) is 2.51. The minimum atomic E-state index is -0.526. The molecule has 1 aliphatic heterocycles. The molecule has 130 valence electrons. The highest BCUT2D eigenvalue weighted by Gasteiger charge is 2.36. The van der Waals surface area contributed by atoms with E-state index in [4.69, 9.17) is 11.6 Å². The molecule has 3 rings (SSSR count). The van der Waals surface area contributed by atoms with Crippen LogP contribution in [0.1, 0.15) is 29.8 Å². The first-order valence-electron chi connectivity index (χ1n) is 8.49. The molecule has 5 heteroatoms. The lowest BCUT2D eigenvalue weighted by molar-refractivity contribution is -0.124. The van der Waals surface area contributed by atoms with E-state index < -0.39 is 6.04 Å². The van der Waals surface area contributed by atoms with Crippen molar-refractivity contribution in [1.82, 2.24) is 4.90 Å². The smallest absolute Gasteiger partial charge is 0.256 e. The lowest BCUT2D eigenvalue weighted by Gasteiger charge is -2.39. The minimum Gasteiger partial charge on any atom is -0.325 e. The molecule has 1 heterocycles. The largest absolute Gasteiger partial charge is 0.325 e. The molecule has 1 aliphatic rings. The van der Waals surface area contributed by atoms with Gasteiger partial charge in [-0.25, -0.2) is 0 Å². The van der Waals surface area contributed by atoms with Gasteiger partial charge in [0, 0.05) is 18.8 Å². The zero-order valence-corrected chi connectivity index (χ0v) is 15.2. The number of anilines is 1. The molecule has 2 aromatic rings. The van der Waals surface area contributed by atoms with Crippen LogP contribution in [0, 0.1) is 0 Å². The second-order valence-electron chi connectivity index (χ2n) is 6.13. The number of amides is 2. The number of para-hydroxylation sites is 1. The van der Waals surface area contributed by atoms with Gasteiger partial charge in [0.05, 0.1) is 10.6 Å². The first kappa shape index (κ1) is 17.5. The number of benzene rings is 2. The van der Waals surface area contributed by atoms with E-state index in [9.17, 15) is 9.59 Å². The molecule has 0 bridgehead atoms. The van der Waals surface area contributed by atoms with E-state index in [1.807, 2.05) is 24.3 Å². The van der Waals surface area contributed by atoms with Crippen molar-refractivity contribution in [2.24, 2.45) is 0 Å². The highest BCUT2D eigenvalue weighted by atomic mass is 35.5. The number of carbonyl (C=O) groups excluding carboxylic acids is 2. The van der Waals surface area contributed by atoms with Crippen LogP contribution in [0.3, 0.4) is 0 Å². The normalized spacial score (nSPS) is 17.7. The standard InChI is InChI=1S/C20H21ClN2O2/c1-3-15-8-4-7-11-18(15)23-13-12-22(14(2)19(23)24)20(25)16-9-5-6-10-17(16)21/h4-11,14H,3,12-13H2,1-2H3/t14-/m1/s1. The molecule has 2 amide bonds. The van der Waals surface area contributed by atoms with E-state index in [2.05, 4.69) is 6.92 Å². The van der Waals surface area contributed by atoms with Crippen LogP contribution >= 0.6 is 11.6 Å². The van der Waals surface area contributed by atoms with Crippen molar-refractivity contribution < 1.29 is 9.59 Å². The predicted octanol–water partition coefficient (Wildman–Crippen LogP) is 3.78. The van der Waals surface area contributed by atoms with Crippen LogP contribution in [0.2, 0.25) is 5.02 Å². The fourth-order valence-electron chi connectivity index (χ4n) is 3.25. The number of halogens is 1. The van der Waals surface area contributed by atoms with Gasteiger partial charge in [-0.1, -0.05) is 48.9 Å². The second kappa shape index (κ2) is 7.28. The predicted molar refractivity (Wildman–Crippen MR) is 100 cm³/mol.